The van der Waals surface area contributed by atoms with Gasteiger partial charge in [0.15, 0.2) is 0 Å². The molecule has 0 fully saturated rings. The van der Waals surface area contributed by atoms with Crippen molar-refractivity contribution in [2.75, 3.05) is 13.1 Å². The summed E-state index contributed by atoms with van der Waals surface area (Å²) < 4.78 is 7.90. The van der Waals surface area contributed by atoms with E-state index in [2.05, 4.69) is 23.7 Å². The maximum Gasteiger partial charge on any atom is 0.203 e. The van der Waals surface area contributed by atoms with Crippen LogP contribution in [0.1, 0.15) is 31.9 Å². The topological polar surface area (TPSA) is 71.5 Å². The average Bonchev–Trinajstić information content (AvgIpc) is 3.10. The van der Waals surface area contributed by atoms with Crippen molar-refractivity contribution in [3.63, 3.8) is 0 Å². The summed E-state index contributed by atoms with van der Waals surface area (Å²) in [4.78, 5) is 20.3. The van der Waals surface area contributed by atoms with Crippen LogP contribution in [0.15, 0.2) is 45.8 Å². The number of phenolic OH excluding ortho intramolecular Hbond substituents is 1. The van der Waals surface area contributed by atoms with E-state index in [1.165, 1.54) is 6.26 Å². The van der Waals surface area contributed by atoms with E-state index in [0.29, 0.717) is 40.9 Å². The Morgan fingerprint density at radius 1 is 1.17 bits per heavy atom. The number of aryl methyl sites for hydroxylation is 2. The lowest BCUT2D eigenvalue weighted by Gasteiger charge is -2.20. The molecule has 30 heavy (non-hydrogen) atoms. The minimum Gasteiger partial charge on any atom is -0.507 e. The molecule has 0 spiro atoms. The second kappa shape index (κ2) is 7.95. The van der Waals surface area contributed by atoms with E-state index in [0.717, 1.165) is 29.7 Å². The Hall–Kier alpha value is -3.12. The molecule has 0 saturated carbocycles. The maximum absolute atomic E-state index is 13.5. The number of fused-ring (bicyclic) bond motifs is 2. The van der Waals surface area contributed by atoms with Crippen LogP contribution in [-0.2, 0) is 20.0 Å². The first kappa shape index (κ1) is 20.2. The van der Waals surface area contributed by atoms with Gasteiger partial charge in [-0.05, 0) is 43.3 Å². The number of hydrogen-bond acceptors (Lipinski definition) is 5. The van der Waals surface area contributed by atoms with Crippen LogP contribution in [0.4, 0.5) is 0 Å². The number of phenols is 1. The SMILES string of the molecule is CCc1cc2c(=O)c(-c3nc4ccccc4n3C)coc2c(CN(CC)CC)c1O. The second-order valence-electron chi connectivity index (χ2n) is 7.52. The van der Waals surface area contributed by atoms with E-state index in [-0.39, 0.29) is 11.2 Å². The Kier molecular flexibility index (Phi) is 5.35. The Morgan fingerprint density at radius 2 is 1.90 bits per heavy atom. The zero-order valence-electron chi connectivity index (χ0n) is 17.9. The molecule has 6 heteroatoms. The summed E-state index contributed by atoms with van der Waals surface area (Å²) in [6.07, 6.45) is 2.10. The van der Waals surface area contributed by atoms with Gasteiger partial charge in [-0.1, -0.05) is 32.9 Å². The molecule has 1 N–H and O–H groups in total. The molecule has 4 rings (SSSR count). The van der Waals surface area contributed by atoms with E-state index in [4.69, 9.17) is 4.42 Å². The largest absolute Gasteiger partial charge is 0.507 e. The Morgan fingerprint density at radius 3 is 2.57 bits per heavy atom. The molecule has 0 bridgehead atoms. The summed E-state index contributed by atoms with van der Waals surface area (Å²) in [5.41, 5.74) is 3.93. The van der Waals surface area contributed by atoms with Gasteiger partial charge < -0.3 is 14.1 Å². The minimum atomic E-state index is -0.134. The molecular formula is C24H27N3O3. The van der Waals surface area contributed by atoms with Gasteiger partial charge in [-0.3, -0.25) is 9.69 Å². The fraction of sp³-hybridized carbons (Fsp3) is 0.333. The van der Waals surface area contributed by atoms with Gasteiger partial charge in [-0.15, -0.1) is 0 Å². The van der Waals surface area contributed by atoms with Gasteiger partial charge in [0.1, 0.15) is 29.0 Å². The number of aromatic hydroxyl groups is 1. The van der Waals surface area contributed by atoms with Gasteiger partial charge in [-0.25, -0.2) is 4.98 Å². The molecule has 6 nitrogen and oxygen atoms in total. The van der Waals surface area contributed by atoms with Gasteiger partial charge in [0.2, 0.25) is 5.43 Å². The highest BCUT2D eigenvalue weighted by atomic mass is 16.3. The van der Waals surface area contributed by atoms with E-state index < -0.39 is 0 Å². The average molecular weight is 405 g/mol. The molecule has 156 valence electrons. The molecule has 2 heterocycles. The zero-order chi connectivity index (χ0) is 21.4. The predicted octanol–water partition coefficient (Wildman–Crippen LogP) is 4.46. The first-order valence-corrected chi connectivity index (χ1v) is 10.4. The highest BCUT2D eigenvalue weighted by molar-refractivity contribution is 5.87. The van der Waals surface area contributed by atoms with Gasteiger partial charge in [-0.2, -0.15) is 0 Å². The number of imidazole rings is 1. The van der Waals surface area contributed by atoms with Gasteiger partial charge >= 0.3 is 0 Å². The molecule has 0 aliphatic rings. The molecular weight excluding hydrogens is 378 g/mol. The molecule has 0 unspecified atom stereocenters. The third kappa shape index (κ3) is 3.17. The number of benzene rings is 2. The molecule has 0 saturated heterocycles. The first-order valence-electron chi connectivity index (χ1n) is 10.4. The Bertz CT molecular complexity index is 1280. The molecule has 2 aromatic carbocycles. The third-order valence-electron chi connectivity index (χ3n) is 5.90. The van der Waals surface area contributed by atoms with Crippen LogP contribution in [0.25, 0.3) is 33.4 Å². The maximum atomic E-state index is 13.5. The number of nitrogens with zero attached hydrogens (tertiary/aromatic N) is 3. The van der Waals surface area contributed by atoms with Crippen LogP contribution in [-0.4, -0.2) is 32.6 Å². The summed E-state index contributed by atoms with van der Waals surface area (Å²) in [6, 6.07) is 9.54. The lowest BCUT2D eigenvalue weighted by atomic mass is 10.0. The van der Waals surface area contributed by atoms with Crippen LogP contribution in [0.5, 0.6) is 5.75 Å². The van der Waals surface area contributed by atoms with Crippen molar-refractivity contribution in [3.8, 4) is 17.1 Å². The van der Waals surface area contributed by atoms with E-state index in [1.807, 2.05) is 42.8 Å². The standard InChI is InChI=1S/C24H27N3O3/c1-5-15-12-16-22(29)18(24-25-19-10-8-9-11-20(19)26(24)4)14-30-23(16)17(21(15)28)13-27(6-2)7-3/h8-12,14,28H,5-7,13H2,1-4H3. The molecule has 0 aliphatic carbocycles. The quantitative estimate of drug-likeness (QED) is 0.513. The number of hydrogen-bond donors (Lipinski definition) is 1. The van der Waals surface area contributed by atoms with Crippen LogP contribution in [0.3, 0.4) is 0 Å². The Balaban J connectivity index is 1.97. The highest BCUT2D eigenvalue weighted by Gasteiger charge is 2.21. The van der Waals surface area contributed by atoms with E-state index in [9.17, 15) is 9.90 Å². The lowest BCUT2D eigenvalue weighted by Crippen LogP contribution is -2.23. The van der Waals surface area contributed by atoms with Crippen molar-refractivity contribution in [1.29, 1.82) is 0 Å². The summed E-state index contributed by atoms with van der Waals surface area (Å²) >= 11 is 0. The van der Waals surface area contributed by atoms with E-state index in [1.54, 1.807) is 6.07 Å². The molecule has 0 amide bonds. The van der Waals surface area contributed by atoms with Gasteiger partial charge in [0.25, 0.3) is 0 Å². The Labute approximate surface area is 175 Å². The molecule has 2 aromatic heterocycles. The van der Waals surface area contributed by atoms with Crippen molar-refractivity contribution >= 4 is 22.0 Å². The molecule has 4 aromatic rings. The number of aromatic nitrogens is 2. The van der Waals surface area contributed by atoms with Crippen molar-refractivity contribution < 1.29 is 9.52 Å². The highest BCUT2D eigenvalue weighted by Crippen LogP contribution is 2.33. The monoisotopic (exact) mass is 405 g/mol. The summed E-state index contributed by atoms with van der Waals surface area (Å²) in [7, 11) is 1.90. The van der Waals surface area contributed by atoms with Crippen LogP contribution in [0.2, 0.25) is 0 Å². The summed E-state index contributed by atoms with van der Waals surface area (Å²) in [5.74, 6) is 0.791. The number of para-hydroxylation sites is 2. The van der Waals surface area contributed by atoms with E-state index >= 15 is 0 Å². The fourth-order valence-electron chi connectivity index (χ4n) is 4.02. The molecule has 0 atom stereocenters. The van der Waals surface area contributed by atoms with Gasteiger partial charge in [0, 0.05) is 13.6 Å². The fourth-order valence-corrected chi connectivity index (χ4v) is 4.02. The zero-order valence-corrected chi connectivity index (χ0v) is 17.9. The van der Waals surface area contributed by atoms with Crippen molar-refractivity contribution in [2.45, 2.75) is 33.7 Å². The minimum absolute atomic E-state index is 0.134. The predicted molar refractivity (Wildman–Crippen MR) is 120 cm³/mol. The summed E-state index contributed by atoms with van der Waals surface area (Å²) in [5, 5.41) is 11.3. The molecule has 0 aliphatic heterocycles. The van der Waals surface area contributed by atoms with Crippen LogP contribution < -0.4 is 5.43 Å². The van der Waals surface area contributed by atoms with Crippen molar-refractivity contribution in [2.24, 2.45) is 7.05 Å². The van der Waals surface area contributed by atoms with Crippen LogP contribution in [0, 0.1) is 0 Å². The van der Waals surface area contributed by atoms with Crippen LogP contribution >= 0.6 is 0 Å². The molecule has 0 radical (unpaired) electrons. The lowest BCUT2D eigenvalue weighted by molar-refractivity contribution is 0.290. The number of rotatable bonds is 6. The second-order valence-corrected chi connectivity index (χ2v) is 7.52. The third-order valence-corrected chi connectivity index (χ3v) is 5.90. The normalized spacial score (nSPS) is 11.8. The van der Waals surface area contributed by atoms with Crippen molar-refractivity contribution in [1.82, 2.24) is 14.5 Å². The van der Waals surface area contributed by atoms with Gasteiger partial charge in [0.05, 0.1) is 22.0 Å². The smallest absolute Gasteiger partial charge is 0.203 e. The first-order chi connectivity index (χ1) is 14.5. The summed E-state index contributed by atoms with van der Waals surface area (Å²) in [6.45, 7) is 8.33. The van der Waals surface area contributed by atoms with Crippen molar-refractivity contribution in [3.05, 3.63) is 57.9 Å².